The maximum atomic E-state index is 12.3. The van der Waals surface area contributed by atoms with E-state index in [2.05, 4.69) is 17.6 Å². The number of amides is 2. The number of hydrogen-bond donors (Lipinski definition) is 8. The summed E-state index contributed by atoms with van der Waals surface area (Å²) in [5, 5.41) is 61.9. The van der Waals surface area contributed by atoms with Crippen LogP contribution in [0.25, 0.3) is 0 Å². The fourth-order valence-electron chi connectivity index (χ4n) is 3.26. The van der Waals surface area contributed by atoms with Crippen molar-refractivity contribution in [1.82, 2.24) is 10.6 Å². The molecule has 0 aliphatic rings. The molecule has 0 aromatic heterocycles. The normalized spacial score (nSPS) is 17.1. The third kappa shape index (κ3) is 12.7. The van der Waals surface area contributed by atoms with Crippen LogP contribution in [0, 0.1) is 0 Å². The first-order valence-electron chi connectivity index (χ1n) is 11.8. The first-order valence-corrected chi connectivity index (χ1v) is 11.8. The zero-order chi connectivity index (χ0) is 24.5. The Morgan fingerprint density at radius 3 is 1.72 bits per heavy atom. The third-order valence-corrected chi connectivity index (χ3v) is 5.42. The van der Waals surface area contributed by atoms with Gasteiger partial charge >= 0.3 is 0 Å². The molecule has 0 aliphatic carbocycles. The Morgan fingerprint density at radius 2 is 1.25 bits per heavy atom. The minimum atomic E-state index is -2.18. The van der Waals surface area contributed by atoms with E-state index < -0.39 is 55.0 Å². The second-order valence-corrected chi connectivity index (χ2v) is 8.38. The lowest BCUT2D eigenvalue weighted by Crippen LogP contribution is -2.58. The van der Waals surface area contributed by atoms with Crippen LogP contribution in [-0.2, 0) is 9.59 Å². The minimum Gasteiger partial charge on any atom is -0.394 e. The van der Waals surface area contributed by atoms with Crippen LogP contribution in [0.5, 0.6) is 0 Å². The van der Waals surface area contributed by atoms with Crippen LogP contribution >= 0.6 is 0 Å². The fourth-order valence-corrected chi connectivity index (χ4v) is 3.26. The number of carbonyl (C=O) groups excluding carboxylic acids is 2. The van der Waals surface area contributed by atoms with Gasteiger partial charge in [-0.1, -0.05) is 64.7 Å². The predicted octanol–water partition coefficient (Wildman–Crippen LogP) is -0.675. The molecule has 0 bridgehead atoms. The summed E-state index contributed by atoms with van der Waals surface area (Å²) in [5.41, 5.74) is 0. The van der Waals surface area contributed by atoms with Gasteiger partial charge in [0.1, 0.15) is 24.4 Å². The van der Waals surface area contributed by atoms with E-state index in [0.29, 0.717) is 6.54 Å². The SMILES string of the molecule is CCCCCCCCCCCCNC(=O)[C@@H](NC(=O)[C@H](O)[C@@H](O)[C@H](O)[C@H](O)CO)[C@@H](C)O. The maximum Gasteiger partial charge on any atom is 0.252 e. The number of hydrogen-bond acceptors (Lipinski definition) is 8. The van der Waals surface area contributed by atoms with Crippen molar-refractivity contribution < 1.29 is 40.2 Å². The number of carbonyl (C=O) groups is 2. The van der Waals surface area contributed by atoms with E-state index in [-0.39, 0.29) is 0 Å². The molecule has 0 unspecified atom stereocenters. The summed E-state index contributed by atoms with van der Waals surface area (Å²) in [7, 11) is 0. The number of aliphatic hydroxyl groups excluding tert-OH is 6. The molecule has 0 saturated carbocycles. The van der Waals surface area contributed by atoms with Gasteiger partial charge in [-0.2, -0.15) is 0 Å². The van der Waals surface area contributed by atoms with Crippen molar-refractivity contribution >= 4 is 11.8 Å². The summed E-state index contributed by atoms with van der Waals surface area (Å²) in [5.74, 6) is -1.84. The lowest BCUT2D eigenvalue weighted by atomic mass is 10.0. The van der Waals surface area contributed by atoms with Crippen molar-refractivity contribution in [3.8, 4) is 0 Å². The summed E-state index contributed by atoms with van der Waals surface area (Å²) in [6, 6.07) is -1.37. The molecule has 10 heteroatoms. The van der Waals surface area contributed by atoms with Gasteiger partial charge in [0.2, 0.25) is 5.91 Å². The van der Waals surface area contributed by atoms with Gasteiger partial charge in [0.05, 0.1) is 12.7 Å². The summed E-state index contributed by atoms with van der Waals surface area (Å²) in [6.45, 7) is 2.98. The van der Waals surface area contributed by atoms with Crippen LogP contribution in [0.2, 0.25) is 0 Å². The molecule has 0 saturated heterocycles. The molecule has 190 valence electrons. The fraction of sp³-hybridized carbons (Fsp3) is 0.909. The zero-order valence-electron chi connectivity index (χ0n) is 19.4. The van der Waals surface area contributed by atoms with Gasteiger partial charge in [-0.15, -0.1) is 0 Å². The summed E-state index contributed by atoms with van der Waals surface area (Å²) < 4.78 is 0. The van der Waals surface area contributed by atoms with Gasteiger partial charge in [0.15, 0.2) is 6.10 Å². The second kappa shape index (κ2) is 18.2. The van der Waals surface area contributed by atoms with Crippen LogP contribution in [0.15, 0.2) is 0 Å². The van der Waals surface area contributed by atoms with Crippen molar-refractivity contribution in [2.24, 2.45) is 0 Å². The number of nitrogens with one attached hydrogen (secondary N) is 2. The molecular weight excluding hydrogens is 420 g/mol. The Hall–Kier alpha value is -1.30. The first-order chi connectivity index (χ1) is 15.2. The van der Waals surface area contributed by atoms with Crippen LogP contribution in [0.3, 0.4) is 0 Å². The minimum absolute atomic E-state index is 0.376. The molecule has 0 radical (unpaired) electrons. The van der Waals surface area contributed by atoms with E-state index in [1.165, 1.54) is 45.4 Å². The Bertz CT molecular complexity index is 506. The third-order valence-electron chi connectivity index (χ3n) is 5.42. The molecule has 0 fully saturated rings. The topological polar surface area (TPSA) is 180 Å². The molecule has 0 aromatic rings. The van der Waals surface area contributed by atoms with E-state index in [0.717, 1.165) is 25.7 Å². The lowest BCUT2D eigenvalue weighted by molar-refractivity contribution is -0.151. The quantitative estimate of drug-likeness (QED) is 0.116. The van der Waals surface area contributed by atoms with Crippen molar-refractivity contribution in [3.63, 3.8) is 0 Å². The highest BCUT2D eigenvalue weighted by Crippen LogP contribution is 2.10. The van der Waals surface area contributed by atoms with Crippen molar-refractivity contribution in [2.45, 2.75) is 115 Å². The molecule has 0 aromatic carbocycles. The van der Waals surface area contributed by atoms with E-state index in [1.807, 2.05) is 0 Å². The molecular formula is C22H44N2O8. The van der Waals surface area contributed by atoms with Crippen LogP contribution < -0.4 is 10.6 Å². The first kappa shape index (κ1) is 30.7. The number of unbranched alkanes of at least 4 members (excludes halogenated alkanes) is 9. The maximum absolute atomic E-state index is 12.3. The molecule has 10 nitrogen and oxygen atoms in total. The summed E-state index contributed by atoms with van der Waals surface area (Å²) >= 11 is 0. The lowest BCUT2D eigenvalue weighted by Gasteiger charge is -2.27. The molecule has 0 heterocycles. The highest BCUT2D eigenvalue weighted by molar-refractivity contribution is 5.90. The molecule has 2 amide bonds. The van der Waals surface area contributed by atoms with Crippen LogP contribution in [0.1, 0.15) is 78.1 Å². The van der Waals surface area contributed by atoms with E-state index in [1.54, 1.807) is 0 Å². The van der Waals surface area contributed by atoms with Crippen LogP contribution in [-0.4, -0.2) is 92.2 Å². The van der Waals surface area contributed by atoms with Gasteiger partial charge in [0, 0.05) is 6.54 Å². The molecule has 0 spiro atoms. The van der Waals surface area contributed by atoms with Crippen molar-refractivity contribution in [2.75, 3.05) is 13.2 Å². The predicted molar refractivity (Wildman–Crippen MR) is 120 cm³/mol. The van der Waals surface area contributed by atoms with E-state index >= 15 is 0 Å². The van der Waals surface area contributed by atoms with Gasteiger partial charge in [0.25, 0.3) is 5.91 Å². The van der Waals surface area contributed by atoms with Crippen LogP contribution in [0.4, 0.5) is 0 Å². The highest BCUT2D eigenvalue weighted by atomic mass is 16.4. The van der Waals surface area contributed by atoms with Gasteiger partial charge in [-0.05, 0) is 13.3 Å². The Balaban J connectivity index is 4.27. The molecule has 6 atom stereocenters. The average Bonchev–Trinajstić information content (AvgIpc) is 2.78. The van der Waals surface area contributed by atoms with Crippen molar-refractivity contribution in [3.05, 3.63) is 0 Å². The molecule has 0 aliphatic heterocycles. The monoisotopic (exact) mass is 464 g/mol. The largest absolute Gasteiger partial charge is 0.394 e. The summed E-state index contributed by atoms with van der Waals surface area (Å²) in [6.07, 6.45) is 2.24. The van der Waals surface area contributed by atoms with E-state index in [9.17, 15) is 35.1 Å². The zero-order valence-corrected chi connectivity index (χ0v) is 19.4. The summed E-state index contributed by atoms with van der Waals surface area (Å²) in [4.78, 5) is 24.4. The number of aliphatic hydroxyl groups is 6. The van der Waals surface area contributed by atoms with Crippen molar-refractivity contribution in [1.29, 1.82) is 0 Å². The molecule has 8 N–H and O–H groups in total. The van der Waals surface area contributed by atoms with Gasteiger partial charge in [-0.3, -0.25) is 9.59 Å². The number of rotatable bonds is 19. The Kier molecular flexibility index (Phi) is 17.4. The Morgan fingerprint density at radius 1 is 0.750 bits per heavy atom. The second-order valence-electron chi connectivity index (χ2n) is 8.38. The van der Waals surface area contributed by atoms with Gasteiger partial charge in [-0.25, -0.2) is 0 Å². The molecule has 32 heavy (non-hydrogen) atoms. The van der Waals surface area contributed by atoms with E-state index in [4.69, 9.17) is 5.11 Å². The Labute approximate surface area is 191 Å². The average molecular weight is 465 g/mol. The molecule has 0 rings (SSSR count). The smallest absolute Gasteiger partial charge is 0.252 e. The van der Waals surface area contributed by atoms with Gasteiger partial charge < -0.3 is 41.3 Å². The standard InChI is InChI=1S/C22H44N2O8/c1-3-4-5-6-7-8-9-10-11-12-13-23-21(31)17(15(2)26)24-22(32)20(30)19(29)18(28)16(27)14-25/h15-20,25-30H,3-14H2,1-2H3,(H,23,31)(H,24,32)/t15-,16-,17+,18-,19+,20-/m1/s1. The highest BCUT2D eigenvalue weighted by Gasteiger charge is 2.36.